The van der Waals surface area contributed by atoms with Gasteiger partial charge in [-0.25, -0.2) is 13.2 Å². The number of amides is 2. The second-order valence-electron chi connectivity index (χ2n) is 8.99. The van der Waals surface area contributed by atoms with Gasteiger partial charge in [0.1, 0.15) is 22.7 Å². The van der Waals surface area contributed by atoms with E-state index in [1.165, 1.54) is 43.6 Å². The van der Waals surface area contributed by atoms with Crippen molar-refractivity contribution >= 4 is 39.8 Å². The molecule has 11 heteroatoms. The Morgan fingerprint density at radius 1 is 0.846 bits per heavy atom. The molecule has 1 aliphatic carbocycles. The molecule has 1 aromatic heterocycles. The van der Waals surface area contributed by atoms with Crippen LogP contribution in [-0.4, -0.2) is 31.0 Å². The molecule has 0 bridgehead atoms. The first-order chi connectivity index (χ1) is 18.7. The lowest BCUT2D eigenvalue weighted by atomic mass is 10.0. The quantitative estimate of drug-likeness (QED) is 0.244. The Morgan fingerprint density at radius 2 is 1.56 bits per heavy atom. The minimum Gasteiger partial charge on any atom is -0.495 e. The van der Waals surface area contributed by atoms with Gasteiger partial charge in [0.25, 0.3) is 0 Å². The number of pyridine rings is 1. The summed E-state index contributed by atoms with van der Waals surface area (Å²) in [6.07, 6.45) is 1.93. The first-order valence-electron chi connectivity index (χ1n) is 11.9. The SMILES string of the molecule is CNc1cc2nccc(Oc3cc(F)c(NC(=O)C4(C(=O)Nc5ccc(F)cc5)CC4)cc3F)c2cc1OC. The molecule has 0 radical (unpaired) electrons. The molecule has 3 N–H and O–H groups in total. The van der Waals surface area contributed by atoms with E-state index >= 15 is 4.39 Å². The number of carbonyl (C=O) groups excluding carboxylic acids is 2. The molecule has 2 amide bonds. The number of aromatic nitrogens is 1. The minimum atomic E-state index is -1.44. The highest BCUT2D eigenvalue weighted by Gasteiger charge is 2.56. The maximum atomic E-state index is 15.0. The largest absolute Gasteiger partial charge is 0.495 e. The van der Waals surface area contributed by atoms with Crippen molar-refractivity contribution < 1.29 is 32.2 Å². The van der Waals surface area contributed by atoms with E-state index in [2.05, 4.69) is 20.9 Å². The Morgan fingerprint density at radius 3 is 2.23 bits per heavy atom. The van der Waals surface area contributed by atoms with Crippen molar-refractivity contribution in [2.24, 2.45) is 5.41 Å². The number of nitrogens with zero attached hydrogens (tertiary/aromatic N) is 1. The normalized spacial score (nSPS) is 13.5. The van der Waals surface area contributed by atoms with E-state index in [0.717, 1.165) is 12.1 Å². The van der Waals surface area contributed by atoms with Gasteiger partial charge in [-0.2, -0.15) is 0 Å². The van der Waals surface area contributed by atoms with Gasteiger partial charge >= 0.3 is 0 Å². The molecule has 0 unspecified atom stereocenters. The monoisotopic (exact) mass is 536 g/mol. The summed E-state index contributed by atoms with van der Waals surface area (Å²) in [6.45, 7) is 0. The molecule has 8 nitrogen and oxygen atoms in total. The van der Waals surface area contributed by atoms with Crippen LogP contribution >= 0.6 is 0 Å². The lowest BCUT2D eigenvalue weighted by molar-refractivity contribution is -0.131. The van der Waals surface area contributed by atoms with Crippen LogP contribution < -0.4 is 25.4 Å². The molecule has 0 aliphatic heterocycles. The summed E-state index contributed by atoms with van der Waals surface area (Å²) in [5.41, 5.74) is -0.343. The fourth-order valence-corrected chi connectivity index (χ4v) is 4.13. The predicted octanol–water partition coefficient (Wildman–Crippen LogP) is 5.85. The summed E-state index contributed by atoms with van der Waals surface area (Å²) >= 11 is 0. The predicted molar refractivity (Wildman–Crippen MR) is 140 cm³/mol. The molecule has 4 aromatic rings. The fourth-order valence-electron chi connectivity index (χ4n) is 4.13. The summed E-state index contributed by atoms with van der Waals surface area (Å²) in [6, 6.07) is 11.6. The van der Waals surface area contributed by atoms with E-state index in [9.17, 15) is 18.4 Å². The van der Waals surface area contributed by atoms with Gasteiger partial charge in [-0.05, 0) is 55.3 Å². The summed E-state index contributed by atoms with van der Waals surface area (Å²) in [4.78, 5) is 29.9. The van der Waals surface area contributed by atoms with Crippen LogP contribution in [0.5, 0.6) is 17.2 Å². The number of benzene rings is 3. The second-order valence-corrected chi connectivity index (χ2v) is 8.99. The third kappa shape index (κ3) is 5.02. The van der Waals surface area contributed by atoms with Gasteiger partial charge in [0.05, 0.1) is 24.0 Å². The fraction of sp³-hybridized carbons (Fsp3) is 0.179. The molecule has 1 aliphatic rings. The summed E-state index contributed by atoms with van der Waals surface area (Å²) < 4.78 is 54.2. The number of halogens is 3. The molecule has 1 fully saturated rings. The van der Waals surface area contributed by atoms with Crippen molar-refractivity contribution in [1.82, 2.24) is 4.98 Å². The van der Waals surface area contributed by atoms with E-state index in [-0.39, 0.29) is 18.6 Å². The van der Waals surface area contributed by atoms with Crippen molar-refractivity contribution in [1.29, 1.82) is 0 Å². The molecule has 5 rings (SSSR count). The highest BCUT2D eigenvalue weighted by Crippen LogP contribution is 2.48. The third-order valence-electron chi connectivity index (χ3n) is 6.50. The van der Waals surface area contributed by atoms with E-state index in [1.807, 2.05) is 0 Å². The van der Waals surface area contributed by atoms with Gasteiger partial charge in [0.15, 0.2) is 17.4 Å². The Labute approximate surface area is 221 Å². The lowest BCUT2D eigenvalue weighted by Gasteiger charge is -2.17. The molecular formula is C28H23F3N4O4. The summed E-state index contributed by atoms with van der Waals surface area (Å²) in [7, 11) is 3.23. The molecule has 0 spiro atoms. The molecule has 39 heavy (non-hydrogen) atoms. The second kappa shape index (κ2) is 10.2. The number of methoxy groups -OCH3 is 1. The summed E-state index contributed by atoms with van der Waals surface area (Å²) in [5.74, 6) is -3.45. The van der Waals surface area contributed by atoms with Crippen molar-refractivity contribution in [3.8, 4) is 17.2 Å². The molecule has 1 heterocycles. The van der Waals surface area contributed by atoms with Gasteiger partial charge in [0.2, 0.25) is 11.8 Å². The summed E-state index contributed by atoms with van der Waals surface area (Å²) in [5, 5.41) is 8.37. The maximum Gasteiger partial charge on any atom is 0.240 e. The first-order valence-corrected chi connectivity index (χ1v) is 11.9. The van der Waals surface area contributed by atoms with Crippen LogP contribution in [-0.2, 0) is 9.59 Å². The number of fused-ring (bicyclic) bond motifs is 1. The van der Waals surface area contributed by atoms with Gasteiger partial charge < -0.3 is 25.4 Å². The molecule has 1 saturated carbocycles. The number of anilines is 3. The average molecular weight is 537 g/mol. The Hall–Kier alpha value is -4.80. The van der Waals surface area contributed by atoms with Gasteiger partial charge in [-0.15, -0.1) is 0 Å². The number of nitrogens with one attached hydrogen (secondary N) is 3. The Kier molecular flexibility index (Phi) is 6.73. The topological polar surface area (TPSA) is 102 Å². The van der Waals surface area contributed by atoms with Crippen molar-refractivity contribution in [3.05, 3.63) is 78.2 Å². The van der Waals surface area contributed by atoms with Crippen molar-refractivity contribution in [2.45, 2.75) is 12.8 Å². The number of carbonyl (C=O) groups is 2. The zero-order valence-corrected chi connectivity index (χ0v) is 20.9. The van der Waals surface area contributed by atoms with Crippen LogP contribution in [0.1, 0.15) is 12.8 Å². The smallest absolute Gasteiger partial charge is 0.240 e. The molecular weight excluding hydrogens is 513 g/mol. The van der Waals surface area contributed by atoms with Gasteiger partial charge in [0, 0.05) is 36.5 Å². The molecule has 200 valence electrons. The van der Waals surface area contributed by atoms with Crippen LogP contribution in [0, 0.1) is 22.9 Å². The number of rotatable bonds is 8. The zero-order chi connectivity index (χ0) is 27.7. The zero-order valence-electron chi connectivity index (χ0n) is 20.9. The van der Waals surface area contributed by atoms with Gasteiger partial charge in [-0.3, -0.25) is 14.6 Å². The van der Waals surface area contributed by atoms with E-state index in [4.69, 9.17) is 9.47 Å². The van der Waals surface area contributed by atoms with Crippen LogP contribution in [0.15, 0.2) is 60.8 Å². The molecule has 0 saturated heterocycles. The van der Waals surface area contributed by atoms with Crippen molar-refractivity contribution in [2.75, 3.05) is 30.1 Å². The number of hydrogen-bond acceptors (Lipinski definition) is 6. The molecule has 0 atom stereocenters. The first kappa shape index (κ1) is 25.8. The van der Waals surface area contributed by atoms with E-state index in [0.29, 0.717) is 28.0 Å². The van der Waals surface area contributed by atoms with Crippen LogP contribution in [0.25, 0.3) is 10.9 Å². The Bertz CT molecular complexity index is 1590. The number of ether oxygens (including phenoxy) is 2. The highest BCUT2D eigenvalue weighted by molar-refractivity contribution is 6.17. The van der Waals surface area contributed by atoms with Crippen LogP contribution in [0.2, 0.25) is 0 Å². The van der Waals surface area contributed by atoms with E-state index in [1.54, 1.807) is 19.2 Å². The standard InChI is InChI=1S/C28H23F3N4O4/c1-32-22-14-20-17(11-25(22)38-2)23(7-10-33-20)39-24-13-18(30)21(12-19(24)31)35-27(37)28(8-9-28)26(36)34-16-5-3-15(29)4-6-16/h3-7,10-14,32H,8-9H2,1-2H3,(H,34,36)(H,35,37). The lowest BCUT2D eigenvalue weighted by Crippen LogP contribution is -2.35. The van der Waals surface area contributed by atoms with Crippen LogP contribution in [0.4, 0.5) is 30.2 Å². The van der Waals surface area contributed by atoms with Crippen molar-refractivity contribution in [3.63, 3.8) is 0 Å². The minimum absolute atomic E-state index is 0.213. The Balaban J connectivity index is 1.35. The van der Waals surface area contributed by atoms with Crippen LogP contribution in [0.3, 0.4) is 0 Å². The van der Waals surface area contributed by atoms with Gasteiger partial charge in [-0.1, -0.05) is 0 Å². The maximum absolute atomic E-state index is 15.0. The number of hydrogen-bond donors (Lipinski definition) is 3. The third-order valence-corrected chi connectivity index (χ3v) is 6.50. The highest BCUT2D eigenvalue weighted by atomic mass is 19.1. The van der Waals surface area contributed by atoms with E-state index < -0.39 is 46.1 Å². The average Bonchev–Trinajstić information content (AvgIpc) is 3.74. The molecule has 3 aromatic carbocycles.